The third-order valence-corrected chi connectivity index (χ3v) is 2.79. The third-order valence-electron chi connectivity index (χ3n) is 2.79. The number of aryl methyl sites for hydroxylation is 1. The van der Waals surface area contributed by atoms with Crippen molar-refractivity contribution < 1.29 is 9.53 Å². The first kappa shape index (κ1) is 14.5. The van der Waals surface area contributed by atoms with E-state index in [-0.39, 0.29) is 6.09 Å². The molecule has 102 valence electrons. The highest BCUT2D eigenvalue weighted by Crippen LogP contribution is 2.25. The van der Waals surface area contributed by atoms with Gasteiger partial charge in [0.15, 0.2) is 0 Å². The van der Waals surface area contributed by atoms with Crippen LogP contribution in [0.25, 0.3) is 0 Å². The van der Waals surface area contributed by atoms with E-state index in [9.17, 15) is 4.79 Å². The molecule has 5 nitrogen and oxygen atoms in total. The molecule has 0 saturated carbocycles. The van der Waals surface area contributed by atoms with Crippen LogP contribution >= 0.6 is 0 Å². The summed E-state index contributed by atoms with van der Waals surface area (Å²) in [5.41, 5.74) is -0.0763. The zero-order chi connectivity index (χ0) is 14.1. The molecule has 1 rings (SSSR count). The molecular weight excluding hydrogens is 230 g/mol. The predicted molar refractivity (Wildman–Crippen MR) is 70.3 cm³/mol. The van der Waals surface area contributed by atoms with Gasteiger partial charge in [-0.2, -0.15) is 0 Å². The summed E-state index contributed by atoms with van der Waals surface area (Å²) in [5, 5.41) is 0. The van der Waals surface area contributed by atoms with Gasteiger partial charge < -0.3 is 9.72 Å². The molecule has 0 aromatic carbocycles. The fourth-order valence-electron chi connectivity index (χ4n) is 1.44. The first-order chi connectivity index (χ1) is 8.04. The second kappa shape index (κ2) is 4.63. The van der Waals surface area contributed by atoms with Gasteiger partial charge in [0.1, 0.15) is 11.4 Å². The average Bonchev–Trinajstić information content (AvgIpc) is 2.61. The van der Waals surface area contributed by atoms with Gasteiger partial charge in [0.05, 0.1) is 5.54 Å². The molecule has 0 aliphatic heterocycles. The summed E-state index contributed by atoms with van der Waals surface area (Å²) >= 11 is 0. The minimum Gasteiger partial charge on any atom is -0.444 e. The number of imidazole rings is 1. The van der Waals surface area contributed by atoms with Crippen molar-refractivity contribution in [3.05, 3.63) is 17.7 Å². The van der Waals surface area contributed by atoms with Gasteiger partial charge in [-0.25, -0.2) is 9.78 Å². The molecule has 0 spiro atoms. The lowest BCUT2D eigenvalue weighted by Crippen LogP contribution is -2.45. The molecule has 0 unspecified atom stereocenters. The maximum Gasteiger partial charge on any atom is 0.410 e. The molecule has 0 fully saturated rings. The first-order valence-corrected chi connectivity index (χ1v) is 6.03. The number of aromatic amines is 1. The van der Waals surface area contributed by atoms with Crippen molar-refractivity contribution in [1.29, 1.82) is 0 Å². The van der Waals surface area contributed by atoms with Gasteiger partial charge in [-0.05, 0) is 41.5 Å². The van der Waals surface area contributed by atoms with Crippen LogP contribution in [0.5, 0.6) is 0 Å². The monoisotopic (exact) mass is 253 g/mol. The second-order valence-electron chi connectivity index (χ2n) is 6.01. The molecule has 0 aliphatic carbocycles. The quantitative estimate of drug-likeness (QED) is 0.881. The molecule has 0 atom stereocenters. The van der Waals surface area contributed by atoms with Crippen LogP contribution in [-0.4, -0.2) is 33.6 Å². The van der Waals surface area contributed by atoms with Gasteiger partial charge in [0, 0.05) is 18.9 Å². The molecule has 0 bridgehead atoms. The smallest absolute Gasteiger partial charge is 0.410 e. The van der Waals surface area contributed by atoms with Crippen LogP contribution in [0.3, 0.4) is 0 Å². The van der Waals surface area contributed by atoms with Crippen molar-refractivity contribution in [3.8, 4) is 0 Å². The number of nitrogens with zero attached hydrogens (tertiary/aromatic N) is 2. The Balaban J connectivity index is 2.88. The number of nitrogens with one attached hydrogen (secondary N) is 1. The van der Waals surface area contributed by atoms with Gasteiger partial charge in [-0.3, -0.25) is 4.90 Å². The van der Waals surface area contributed by atoms with Crippen molar-refractivity contribution in [2.75, 3.05) is 7.05 Å². The highest BCUT2D eigenvalue weighted by Gasteiger charge is 2.34. The number of hydrogen-bond acceptors (Lipinski definition) is 3. The topological polar surface area (TPSA) is 58.2 Å². The van der Waals surface area contributed by atoms with Crippen molar-refractivity contribution >= 4 is 6.09 Å². The molecule has 1 amide bonds. The maximum absolute atomic E-state index is 12.0. The second-order valence-corrected chi connectivity index (χ2v) is 6.01. The summed E-state index contributed by atoms with van der Waals surface area (Å²) in [6, 6.07) is 0. The Morgan fingerprint density at radius 3 is 2.28 bits per heavy atom. The fourth-order valence-corrected chi connectivity index (χ4v) is 1.44. The number of aromatic nitrogens is 2. The summed E-state index contributed by atoms with van der Waals surface area (Å²) in [6.45, 7) is 11.3. The minimum atomic E-state index is -0.545. The highest BCUT2D eigenvalue weighted by molar-refractivity contribution is 5.68. The number of H-pyrrole nitrogens is 1. The van der Waals surface area contributed by atoms with Crippen molar-refractivity contribution in [2.45, 2.75) is 52.7 Å². The maximum atomic E-state index is 12.0. The Morgan fingerprint density at radius 1 is 1.33 bits per heavy atom. The Kier molecular flexibility index (Phi) is 3.74. The molecule has 18 heavy (non-hydrogen) atoms. The number of hydrogen-bond donors (Lipinski definition) is 1. The van der Waals surface area contributed by atoms with Gasteiger partial charge >= 0.3 is 6.09 Å². The number of amides is 1. The Labute approximate surface area is 109 Å². The van der Waals surface area contributed by atoms with Gasteiger partial charge in [0.25, 0.3) is 0 Å². The Hall–Kier alpha value is -1.52. The van der Waals surface area contributed by atoms with Crippen LogP contribution in [0.15, 0.2) is 6.20 Å². The molecule has 0 saturated heterocycles. The van der Waals surface area contributed by atoms with Crippen molar-refractivity contribution in [1.82, 2.24) is 14.9 Å². The van der Waals surface area contributed by atoms with E-state index in [1.54, 1.807) is 18.1 Å². The van der Waals surface area contributed by atoms with Crippen LogP contribution in [0.2, 0.25) is 0 Å². The van der Waals surface area contributed by atoms with E-state index in [1.807, 2.05) is 41.5 Å². The van der Waals surface area contributed by atoms with E-state index in [2.05, 4.69) is 9.97 Å². The molecule has 1 N–H and O–H groups in total. The van der Waals surface area contributed by atoms with Crippen LogP contribution in [-0.2, 0) is 10.3 Å². The van der Waals surface area contributed by atoms with Crippen molar-refractivity contribution in [3.63, 3.8) is 0 Å². The summed E-state index contributed by atoms with van der Waals surface area (Å²) in [7, 11) is 1.71. The number of carbonyl (C=O) groups is 1. The SMILES string of the molecule is Cc1cnc(C(C)(C)N(C)C(=O)OC(C)(C)C)[nH]1. The van der Waals surface area contributed by atoms with Crippen LogP contribution in [0.4, 0.5) is 4.79 Å². The highest BCUT2D eigenvalue weighted by atomic mass is 16.6. The molecule has 5 heteroatoms. The largest absolute Gasteiger partial charge is 0.444 e. The van der Waals surface area contributed by atoms with E-state index in [1.165, 1.54) is 0 Å². The predicted octanol–water partition coefficient (Wildman–Crippen LogP) is 2.82. The lowest BCUT2D eigenvalue weighted by Gasteiger charge is -2.35. The number of ether oxygens (including phenoxy) is 1. The Bertz CT molecular complexity index is 430. The van der Waals surface area contributed by atoms with E-state index in [0.717, 1.165) is 11.5 Å². The van der Waals surface area contributed by atoms with Crippen LogP contribution in [0, 0.1) is 6.92 Å². The van der Waals surface area contributed by atoms with Crippen LogP contribution < -0.4 is 0 Å². The summed E-state index contributed by atoms with van der Waals surface area (Å²) in [4.78, 5) is 21.0. The number of carbonyl (C=O) groups excluding carboxylic acids is 1. The van der Waals surface area contributed by atoms with E-state index < -0.39 is 11.1 Å². The molecule has 0 radical (unpaired) electrons. The Morgan fingerprint density at radius 2 is 1.89 bits per heavy atom. The molecule has 1 aromatic heterocycles. The standard InChI is InChI=1S/C13H23N3O2/c1-9-8-14-10(15-9)13(5,6)16(7)11(17)18-12(2,3)4/h8H,1-7H3,(H,14,15). The van der Waals surface area contributed by atoms with Gasteiger partial charge in [0.2, 0.25) is 0 Å². The van der Waals surface area contributed by atoms with Crippen LogP contribution in [0.1, 0.15) is 46.1 Å². The van der Waals surface area contributed by atoms with Gasteiger partial charge in [-0.1, -0.05) is 0 Å². The average molecular weight is 253 g/mol. The zero-order valence-corrected chi connectivity index (χ0v) is 12.3. The summed E-state index contributed by atoms with van der Waals surface area (Å²) < 4.78 is 5.36. The molecular formula is C13H23N3O2. The number of rotatable bonds is 2. The molecule has 0 aliphatic rings. The normalized spacial score (nSPS) is 12.4. The van der Waals surface area contributed by atoms with Crippen molar-refractivity contribution in [2.24, 2.45) is 0 Å². The van der Waals surface area contributed by atoms with E-state index >= 15 is 0 Å². The lowest BCUT2D eigenvalue weighted by molar-refractivity contribution is 0.00905. The van der Waals surface area contributed by atoms with E-state index in [0.29, 0.717) is 0 Å². The fraction of sp³-hybridized carbons (Fsp3) is 0.692. The minimum absolute atomic E-state index is 0.360. The first-order valence-electron chi connectivity index (χ1n) is 6.03. The molecule has 1 heterocycles. The third kappa shape index (κ3) is 3.24. The lowest BCUT2D eigenvalue weighted by atomic mass is 10.0. The zero-order valence-electron chi connectivity index (χ0n) is 12.3. The molecule has 1 aromatic rings. The van der Waals surface area contributed by atoms with E-state index in [4.69, 9.17) is 4.74 Å². The van der Waals surface area contributed by atoms with Gasteiger partial charge in [-0.15, -0.1) is 0 Å². The summed E-state index contributed by atoms with van der Waals surface area (Å²) in [6.07, 6.45) is 1.39. The summed E-state index contributed by atoms with van der Waals surface area (Å²) in [5.74, 6) is 0.744.